The lowest BCUT2D eigenvalue weighted by Crippen LogP contribution is -1.99. The van der Waals surface area contributed by atoms with Crippen molar-refractivity contribution in [3.63, 3.8) is 0 Å². The quantitative estimate of drug-likeness (QED) is 0.436. The molecule has 2 aliphatic rings. The number of nitrogens with zero attached hydrogens (tertiary/aromatic N) is 2. The van der Waals surface area contributed by atoms with E-state index in [2.05, 4.69) is 88.8 Å². The summed E-state index contributed by atoms with van der Waals surface area (Å²) in [4.78, 5) is 13.3. The third-order valence-corrected chi connectivity index (χ3v) is 7.61. The first kappa shape index (κ1) is 24.9. The van der Waals surface area contributed by atoms with Crippen molar-refractivity contribution in [2.45, 2.75) is 80.6 Å². The summed E-state index contributed by atoms with van der Waals surface area (Å²) >= 11 is 0. The molecule has 0 spiro atoms. The van der Waals surface area contributed by atoms with Crippen LogP contribution in [0.2, 0.25) is 0 Å². The third-order valence-electron chi connectivity index (χ3n) is 7.61. The van der Waals surface area contributed by atoms with Crippen LogP contribution in [0.3, 0.4) is 0 Å². The van der Waals surface area contributed by atoms with Crippen LogP contribution in [0.4, 0.5) is 0 Å². The summed E-state index contributed by atoms with van der Waals surface area (Å²) in [7, 11) is 0. The zero-order valence-corrected chi connectivity index (χ0v) is 22.5. The van der Waals surface area contributed by atoms with Gasteiger partial charge < -0.3 is 4.98 Å². The van der Waals surface area contributed by atoms with Crippen molar-refractivity contribution in [3.05, 3.63) is 97.8 Å². The number of allylic oxidation sites excluding steroid dienone is 7. The number of aromatic nitrogens is 2. The Bertz CT molecular complexity index is 1300. The minimum absolute atomic E-state index is 0.952. The molecule has 2 aromatic rings. The zero-order chi connectivity index (χ0) is 25.1. The van der Waals surface area contributed by atoms with Crippen molar-refractivity contribution in [2.24, 2.45) is 4.99 Å². The summed E-state index contributed by atoms with van der Waals surface area (Å²) in [6.45, 7) is 15.6. The van der Waals surface area contributed by atoms with E-state index in [9.17, 15) is 0 Å². The minimum Gasteiger partial charge on any atom is -0.359 e. The number of aromatic amines is 1. The predicted molar refractivity (Wildman–Crippen MR) is 151 cm³/mol. The van der Waals surface area contributed by atoms with E-state index in [0.29, 0.717) is 0 Å². The summed E-state index contributed by atoms with van der Waals surface area (Å²) in [5.41, 5.74) is 16.9. The summed E-state index contributed by atoms with van der Waals surface area (Å²) < 4.78 is 0. The van der Waals surface area contributed by atoms with Gasteiger partial charge in [-0.2, -0.15) is 0 Å². The Kier molecular flexibility index (Phi) is 7.54. The van der Waals surface area contributed by atoms with Crippen molar-refractivity contribution in [2.75, 3.05) is 0 Å². The number of hydrogen-bond donors (Lipinski definition) is 1. The first-order valence-electron chi connectivity index (χ1n) is 13.1. The van der Waals surface area contributed by atoms with Gasteiger partial charge in [0.25, 0.3) is 0 Å². The highest BCUT2D eigenvalue weighted by atomic mass is 14.8. The lowest BCUT2D eigenvalue weighted by atomic mass is 9.96. The standard InChI is InChI=1S/C32H39N3/c1-8-26-23(17-25-14-12-13-15-33-25)16-24(27(26)9-2)18-31-28(10-3)29(11-4)32(35-31)19-30-21(6)20(5)22(7)34-30/h12-15,17-19,34H,8-11,16H2,1-7H3. The maximum absolute atomic E-state index is 5.21. The van der Waals surface area contributed by atoms with Gasteiger partial charge in [-0.3, -0.25) is 4.98 Å². The molecule has 1 aliphatic heterocycles. The number of hydrogen-bond acceptors (Lipinski definition) is 2. The molecule has 0 saturated carbocycles. The molecule has 0 amide bonds. The molecule has 3 heterocycles. The maximum Gasteiger partial charge on any atom is 0.0693 e. The van der Waals surface area contributed by atoms with E-state index < -0.39 is 0 Å². The van der Waals surface area contributed by atoms with Crippen molar-refractivity contribution >= 4 is 17.9 Å². The number of nitrogens with one attached hydrogen (secondary N) is 1. The summed E-state index contributed by atoms with van der Waals surface area (Å²) in [5.74, 6) is 0. The Morgan fingerprint density at radius 3 is 1.97 bits per heavy atom. The first-order chi connectivity index (χ1) is 16.9. The molecule has 3 heteroatoms. The van der Waals surface area contributed by atoms with E-state index in [1.807, 2.05) is 12.3 Å². The molecule has 0 unspecified atom stereocenters. The minimum atomic E-state index is 0.952. The van der Waals surface area contributed by atoms with Crippen LogP contribution in [0.1, 0.15) is 88.0 Å². The van der Waals surface area contributed by atoms with Crippen LogP contribution in [0.15, 0.2) is 74.6 Å². The van der Waals surface area contributed by atoms with E-state index in [1.54, 1.807) is 0 Å². The highest BCUT2D eigenvalue weighted by molar-refractivity contribution is 6.13. The number of pyridine rings is 1. The fourth-order valence-electron chi connectivity index (χ4n) is 5.52. The van der Waals surface area contributed by atoms with Crippen LogP contribution < -0.4 is 0 Å². The molecule has 0 atom stereocenters. The lowest BCUT2D eigenvalue weighted by Gasteiger charge is -2.07. The largest absolute Gasteiger partial charge is 0.359 e. The average molecular weight is 466 g/mol. The highest BCUT2D eigenvalue weighted by Gasteiger charge is 2.26. The molecule has 2 aromatic heterocycles. The molecule has 35 heavy (non-hydrogen) atoms. The second-order valence-electron chi connectivity index (χ2n) is 9.54. The molecule has 0 bridgehead atoms. The highest BCUT2D eigenvalue weighted by Crippen LogP contribution is 2.41. The molecular formula is C32H39N3. The summed E-state index contributed by atoms with van der Waals surface area (Å²) in [6, 6.07) is 6.12. The Morgan fingerprint density at radius 2 is 1.43 bits per heavy atom. The topological polar surface area (TPSA) is 41.0 Å². The lowest BCUT2D eigenvalue weighted by molar-refractivity contribution is 1.05. The van der Waals surface area contributed by atoms with Gasteiger partial charge in [-0.05, 0) is 128 Å². The van der Waals surface area contributed by atoms with Crippen molar-refractivity contribution in [1.29, 1.82) is 0 Å². The van der Waals surface area contributed by atoms with E-state index in [0.717, 1.165) is 49.2 Å². The molecule has 3 nitrogen and oxygen atoms in total. The maximum atomic E-state index is 5.21. The van der Waals surface area contributed by atoms with Gasteiger partial charge in [-0.25, -0.2) is 4.99 Å². The monoisotopic (exact) mass is 465 g/mol. The van der Waals surface area contributed by atoms with E-state index in [1.165, 1.54) is 56.0 Å². The fourth-order valence-corrected chi connectivity index (χ4v) is 5.52. The van der Waals surface area contributed by atoms with E-state index in [-0.39, 0.29) is 0 Å². The van der Waals surface area contributed by atoms with Gasteiger partial charge in [0.05, 0.1) is 17.1 Å². The molecule has 4 rings (SSSR count). The third kappa shape index (κ3) is 4.82. The molecular weight excluding hydrogens is 426 g/mol. The van der Waals surface area contributed by atoms with Gasteiger partial charge in [0, 0.05) is 17.6 Å². The number of rotatable bonds is 7. The Hall–Kier alpha value is -3.20. The normalized spacial score (nSPS) is 19.7. The fraction of sp³-hybridized carbons (Fsp3) is 0.375. The molecule has 0 fully saturated rings. The summed E-state index contributed by atoms with van der Waals surface area (Å²) in [5, 5.41) is 0. The summed E-state index contributed by atoms with van der Waals surface area (Å²) in [6.07, 6.45) is 13.8. The van der Waals surface area contributed by atoms with Crippen molar-refractivity contribution < 1.29 is 0 Å². The van der Waals surface area contributed by atoms with Crippen LogP contribution in [-0.4, -0.2) is 15.7 Å². The van der Waals surface area contributed by atoms with Crippen molar-refractivity contribution in [1.82, 2.24) is 9.97 Å². The Labute approximate surface area is 211 Å². The van der Waals surface area contributed by atoms with E-state index >= 15 is 0 Å². The predicted octanol–water partition coefficient (Wildman–Crippen LogP) is 8.78. The molecule has 1 aliphatic carbocycles. The molecule has 0 radical (unpaired) electrons. The average Bonchev–Trinajstić information content (AvgIpc) is 3.46. The molecule has 182 valence electrons. The van der Waals surface area contributed by atoms with Gasteiger partial charge >= 0.3 is 0 Å². The molecule has 0 saturated heterocycles. The number of H-pyrrole nitrogens is 1. The van der Waals surface area contributed by atoms with Gasteiger partial charge in [-0.15, -0.1) is 0 Å². The second-order valence-corrected chi connectivity index (χ2v) is 9.54. The second kappa shape index (κ2) is 10.6. The SMILES string of the molecule is CCC1=C(CC)C(=Cc2ccccn2)CC1=CC1=NC(=Cc2[nH]c(C)c(C)c2C)C(CC)=C1CC. The molecule has 1 N–H and O–H groups in total. The van der Waals surface area contributed by atoms with E-state index in [4.69, 9.17) is 4.99 Å². The van der Waals surface area contributed by atoms with Crippen LogP contribution in [-0.2, 0) is 0 Å². The van der Waals surface area contributed by atoms with Gasteiger partial charge in [0.2, 0.25) is 0 Å². The smallest absolute Gasteiger partial charge is 0.0693 e. The van der Waals surface area contributed by atoms with Gasteiger partial charge in [-0.1, -0.05) is 33.8 Å². The van der Waals surface area contributed by atoms with Crippen LogP contribution in [0.5, 0.6) is 0 Å². The molecule has 0 aromatic carbocycles. The van der Waals surface area contributed by atoms with Crippen LogP contribution in [0, 0.1) is 20.8 Å². The number of aliphatic imine (C=N–C) groups is 1. The van der Waals surface area contributed by atoms with Crippen LogP contribution in [0.25, 0.3) is 12.2 Å². The van der Waals surface area contributed by atoms with Gasteiger partial charge in [0.1, 0.15) is 0 Å². The van der Waals surface area contributed by atoms with Gasteiger partial charge in [0.15, 0.2) is 0 Å². The first-order valence-corrected chi connectivity index (χ1v) is 13.1. The number of aryl methyl sites for hydroxylation is 1. The Balaban J connectivity index is 1.78. The zero-order valence-electron chi connectivity index (χ0n) is 22.5. The van der Waals surface area contributed by atoms with Crippen LogP contribution >= 0.6 is 0 Å². The van der Waals surface area contributed by atoms with Crippen molar-refractivity contribution in [3.8, 4) is 0 Å². The Morgan fingerprint density at radius 1 is 0.771 bits per heavy atom.